The summed E-state index contributed by atoms with van der Waals surface area (Å²) in [4.78, 5) is 12.0. The van der Waals surface area contributed by atoms with Crippen LogP contribution in [-0.2, 0) is 26.6 Å². The topological polar surface area (TPSA) is 58.9 Å². The summed E-state index contributed by atoms with van der Waals surface area (Å²) >= 11 is 0. The van der Waals surface area contributed by atoms with Crippen molar-refractivity contribution in [3.05, 3.63) is 59.3 Å². The summed E-state index contributed by atoms with van der Waals surface area (Å²) in [6, 6.07) is 7.36. The number of hydrogen-bond donors (Lipinski definition) is 1. The third kappa shape index (κ3) is 3.62. The molecule has 1 saturated carbocycles. The molecule has 0 saturated heterocycles. The summed E-state index contributed by atoms with van der Waals surface area (Å²) in [6.07, 6.45) is 6.99. The van der Waals surface area contributed by atoms with Crippen LogP contribution in [0.5, 0.6) is 0 Å². The van der Waals surface area contributed by atoms with Crippen LogP contribution in [0.15, 0.2) is 36.7 Å². The number of aromatic nitrogens is 4. The molecule has 2 aromatic heterocycles. The molecule has 3 heterocycles. The molecule has 1 aromatic carbocycles. The van der Waals surface area contributed by atoms with Gasteiger partial charge in [-0.15, -0.1) is 0 Å². The van der Waals surface area contributed by atoms with E-state index in [9.17, 15) is 4.39 Å². The molecule has 6 nitrogen and oxygen atoms in total. The molecule has 144 valence electrons. The minimum Gasteiger partial charge on any atom is -0.367 e. The Balaban J connectivity index is 1.44. The second-order valence-corrected chi connectivity index (χ2v) is 7.73. The van der Waals surface area contributed by atoms with Crippen molar-refractivity contribution in [2.75, 3.05) is 11.9 Å². The van der Waals surface area contributed by atoms with Gasteiger partial charge in [-0.1, -0.05) is 12.1 Å². The van der Waals surface area contributed by atoms with Gasteiger partial charge in [0.05, 0.1) is 17.5 Å². The average molecular weight is 378 g/mol. The number of aryl methyl sites for hydroxylation is 1. The first-order valence-electron chi connectivity index (χ1n) is 9.76. The first-order chi connectivity index (χ1) is 13.6. The number of benzene rings is 1. The molecular formula is C21H23FN6. The average Bonchev–Trinajstić information content (AvgIpc) is 3.39. The maximum absolute atomic E-state index is 13.5. The van der Waals surface area contributed by atoms with Crippen LogP contribution in [0.3, 0.4) is 0 Å². The Hall–Kier alpha value is -2.80. The maximum atomic E-state index is 13.5. The smallest absolute Gasteiger partial charge is 0.164 e. The Kier molecular flexibility index (Phi) is 4.31. The van der Waals surface area contributed by atoms with E-state index in [1.54, 1.807) is 16.8 Å². The second-order valence-electron chi connectivity index (χ2n) is 7.73. The number of fused-ring (bicyclic) bond motifs is 1. The number of nitrogens with zero attached hydrogens (tertiary/aromatic N) is 5. The molecule has 1 aliphatic heterocycles. The fraction of sp³-hybridized carbons (Fsp3) is 0.381. The van der Waals surface area contributed by atoms with Crippen LogP contribution in [-0.4, -0.2) is 37.2 Å². The molecule has 0 spiro atoms. The minimum atomic E-state index is -0.185. The Labute approximate surface area is 163 Å². The van der Waals surface area contributed by atoms with Gasteiger partial charge in [-0.05, 0) is 30.5 Å². The molecule has 0 amide bonds. The first-order valence-corrected chi connectivity index (χ1v) is 9.76. The van der Waals surface area contributed by atoms with E-state index in [4.69, 9.17) is 9.97 Å². The molecule has 1 N–H and O–H groups in total. The largest absolute Gasteiger partial charge is 0.367 e. The predicted octanol–water partition coefficient (Wildman–Crippen LogP) is 3.15. The zero-order valence-corrected chi connectivity index (χ0v) is 15.9. The van der Waals surface area contributed by atoms with Crippen LogP contribution in [0.25, 0.3) is 11.4 Å². The van der Waals surface area contributed by atoms with Crippen molar-refractivity contribution in [1.29, 1.82) is 0 Å². The SMILES string of the molecule is Cn1cc(-c2nc3c(c(NC4CC4)n2)CN(Cc2cccc(F)c2)CC3)cn1. The number of anilines is 1. The van der Waals surface area contributed by atoms with Gasteiger partial charge in [0.1, 0.15) is 11.6 Å². The van der Waals surface area contributed by atoms with Gasteiger partial charge in [-0.25, -0.2) is 14.4 Å². The lowest BCUT2D eigenvalue weighted by molar-refractivity contribution is 0.243. The van der Waals surface area contributed by atoms with Crippen LogP contribution in [0.4, 0.5) is 10.2 Å². The van der Waals surface area contributed by atoms with E-state index in [2.05, 4.69) is 15.3 Å². The second kappa shape index (κ2) is 6.98. The van der Waals surface area contributed by atoms with Crippen molar-refractivity contribution in [3.8, 4) is 11.4 Å². The molecule has 0 atom stereocenters. The van der Waals surface area contributed by atoms with E-state index in [0.717, 1.165) is 54.5 Å². The van der Waals surface area contributed by atoms with E-state index in [0.29, 0.717) is 6.04 Å². The lowest BCUT2D eigenvalue weighted by Crippen LogP contribution is -2.32. The summed E-state index contributed by atoms with van der Waals surface area (Å²) in [5.74, 6) is 1.49. The van der Waals surface area contributed by atoms with Gasteiger partial charge in [-0.3, -0.25) is 9.58 Å². The van der Waals surface area contributed by atoms with Crippen molar-refractivity contribution in [3.63, 3.8) is 0 Å². The van der Waals surface area contributed by atoms with E-state index in [1.165, 1.54) is 24.5 Å². The van der Waals surface area contributed by atoms with E-state index in [-0.39, 0.29) is 5.82 Å². The molecule has 28 heavy (non-hydrogen) atoms. The number of nitrogens with one attached hydrogen (secondary N) is 1. The highest BCUT2D eigenvalue weighted by molar-refractivity contribution is 5.59. The zero-order valence-electron chi connectivity index (χ0n) is 15.9. The Bertz CT molecular complexity index is 1010. The molecule has 1 aliphatic carbocycles. The molecule has 7 heteroatoms. The van der Waals surface area contributed by atoms with Gasteiger partial charge in [0, 0.05) is 50.9 Å². The van der Waals surface area contributed by atoms with Crippen LogP contribution in [0.2, 0.25) is 0 Å². The quantitative estimate of drug-likeness (QED) is 0.739. The fourth-order valence-electron chi connectivity index (χ4n) is 3.70. The van der Waals surface area contributed by atoms with Crippen LogP contribution < -0.4 is 5.32 Å². The van der Waals surface area contributed by atoms with Crippen LogP contribution in [0.1, 0.15) is 29.7 Å². The third-order valence-corrected chi connectivity index (χ3v) is 5.32. The summed E-state index contributed by atoms with van der Waals surface area (Å²) in [5, 5.41) is 7.84. The first kappa shape index (κ1) is 17.3. The molecule has 0 bridgehead atoms. The van der Waals surface area contributed by atoms with Gasteiger partial charge in [0.25, 0.3) is 0 Å². The van der Waals surface area contributed by atoms with E-state index < -0.39 is 0 Å². The lowest BCUT2D eigenvalue weighted by Gasteiger charge is -2.29. The number of halogens is 1. The molecule has 5 rings (SSSR count). The minimum absolute atomic E-state index is 0.185. The summed E-state index contributed by atoms with van der Waals surface area (Å²) in [6.45, 7) is 2.40. The van der Waals surface area contributed by atoms with Gasteiger partial charge < -0.3 is 5.32 Å². The van der Waals surface area contributed by atoms with Gasteiger partial charge in [0.15, 0.2) is 5.82 Å². The highest BCUT2D eigenvalue weighted by atomic mass is 19.1. The lowest BCUT2D eigenvalue weighted by atomic mass is 10.0. The monoisotopic (exact) mass is 378 g/mol. The van der Waals surface area contributed by atoms with Crippen LogP contribution in [0, 0.1) is 5.82 Å². The Morgan fingerprint density at radius 2 is 2.14 bits per heavy atom. The molecule has 3 aromatic rings. The molecule has 0 radical (unpaired) electrons. The third-order valence-electron chi connectivity index (χ3n) is 5.32. The molecular weight excluding hydrogens is 355 g/mol. The highest BCUT2D eigenvalue weighted by Gasteiger charge is 2.27. The fourth-order valence-corrected chi connectivity index (χ4v) is 3.70. The zero-order chi connectivity index (χ0) is 19.1. The summed E-state index contributed by atoms with van der Waals surface area (Å²) in [7, 11) is 1.90. The molecule has 1 fully saturated rings. The van der Waals surface area contributed by atoms with E-state index >= 15 is 0 Å². The Morgan fingerprint density at radius 3 is 2.89 bits per heavy atom. The van der Waals surface area contributed by atoms with Crippen molar-refractivity contribution in [2.45, 2.75) is 38.4 Å². The van der Waals surface area contributed by atoms with Gasteiger partial charge in [-0.2, -0.15) is 5.10 Å². The van der Waals surface area contributed by atoms with Crippen LogP contribution >= 0.6 is 0 Å². The molecule has 0 unspecified atom stereocenters. The summed E-state index contributed by atoms with van der Waals surface area (Å²) in [5.41, 5.74) is 4.20. The number of hydrogen-bond acceptors (Lipinski definition) is 5. The van der Waals surface area contributed by atoms with Gasteiger partial charge in [0.2, 0.25) is 0 Å². The molecule has 2 aliphatic rings. The maximum Gasteiger partial charge on any atom is 0.164 e. The van der Waals surface area contributed by atoms with Crippen molar-refractivity contribution < 1.29 is 4.39 Å². The highest BCUT2D eigenvalue weighted by Crippen LogP contribution is 2.31. The van der Waals surface area contributed by atoms with Gasteiger partial charge >= 0.3 is 0 Å². The van der Waals surface area contributed by atoms with Crippen molar-refractivity contribution >= 4 is 5.82 Å². The number of rotatable bonds is 5. The normalized spacial score (nSPS) is 16.8. The van der Waals surface area contributed by atoms with Crippen molar-refractivity contribution in [2.24, 2.45) is 7.05 Å². The Morgan fingerprint density at radius 1 is 1.25 bits per heavy atom. The standard InChI is InChI=1S/C21H23FN6/c1-27-12-15(10-23-27)20-25-19-7-8-28(11-14-3-2-4-16(22)9-14)13-18(19)21(26-20)24-17-5-6-17/h2-4,9-10,12,17H,5-8,11,13H2,1H3,(H,24,25,26). The summed E-state index contributed by atoms with van der Waals surface area (Å²) < 4.78 is 15.3. The predicted molar refractivity (Wildman–Crippen MR) is 105 cm³/mol. The van der Waals surface area contributed by atoms with E-state index in [1.807, 2.05) is 25.5 Å². The van der Waals surface area contributed by atoms with Crippen molar-refractivity contribution in [1.82, 2.24) is 24.6 Å².